The van der Waals surface area contributed by atoms with Crippen LogP contribution < -0.4 is 0 Å². The standard InChI is InChI=1S/C28H34O4SSi/c1-28(2,3)34(4,5)32-25-18-12-17-22-23(19-24(29)26(22)20-13-8-6-9-14-20)27(25)33(30,31)21-15-10-7-11-16-21/h6-11,13-16,25H,12,17-19H2,1-5H3. The van der Waals surface area contributed by atoms with E-state index in [-0.39, 0.29) is 22.1 Å². The quantitative estimate of drug-likeness (QED) is 0.433. The molecule has 1 unspecified atom stereocenters. The van der Waals surface area contributed by atoms with Crippen molar-refractivity contribution in [1.29, 1.82) is 0 Å². The predicted molar refractivity (Wildman–Crippen MR) is 140 cm³/mol. The van der Waals surface area contributed by atoms with Crippen LogP contribution in [0.15, 0.2) is 81.6 Å². The van der Waals surface area contributed by atoms with Crippen molar-refractivity contribution in [2.45, 2.75) is 75.6 Å². The second-order valence-electron chi connectivity index (χ2n) is 10.7. The molecule has 2 aliphatic carbocycles. The van der Waals surface area contributed by atoms with Crippen LogP contribution in [-0.2, 0) is 19.1 Å². The molecule has 2 aromatic rings. The minimum atomic E-state index is -3.85. The number of allylic oxidation sites excluding steroid dienone is 3. The molecule has 0 amide bonds. The molecule has 4 rings (SSSR count). The fourth-order valence-corrected chi connectivity index (χ4v) is 7.81. The van der Waals surface area contributed by atoms with E-state index in [1.54, 1.807) is 24.3 Å². The monoisotopic (exact) mass is 494 g/mol. The van der Waals surface area contributed by atoms with Gasteiger partial charge in [0.15, 0.2) is 14.1 Å². The Kier molecular flexibility index (Phi) is 6.62. The molecule has 0 fully saturated rings. The van der Waals surface area contributed by atoms with E-state index in [1.807, 2.05) is 36.4 Å². The topological polar surface area (TPSA) is 60.4 Å². The van der Waals surface area contributed by atoms with Gasteiger partial charge in [-0.15, -0.1) is 0 Å². The molecule has 0 bridgehead atoms. The molecule has 0 radical (unpaired) electrons. The lowest BCUT2D eigenvalue weighted by Gasteiger charge is -2.40. The lowest BCUT2D eigenvalue weighted by molar-refractivity contribution is -0.112. The molecule has 2 aliphatic rings. The maximum absolute atomic E-state index is 14.1. The van der Waals surface area contributed by atoms with Crippen molar-refractivity contribution in [2.24, 2.45) is 0 Å². The molecule has 6 heteroatoms. The summed E-state index contributed by atoms with van der Waals surface area (Å²) in [5.41, 5.74) is 3.07. The first-order valence-corrected chi connectivity index (χ1v) is 16.4. The highest BCUT2D eigenvalue weighted by Gasteiger charge is 2.45. The van der Waals surface area contributed by atoms with Crippen molar-refractivity contribution >= 4 is 29.5 Å². The summed E-state index contributed by atoms with van der Waals surface area (Å²) in [6, 6.07) is 18.2. The van der Waals surface area contributed by atoms with Gasteiger partial charge in [0, 0.05) is 12.0 Å². The van der Waals surface area contributed by atoms with E-state index in [1.165, 1.54) is 0 Å². The van der Waals surface area contributed by atoms with Crippen LogP contribution in [0.1, 0.15) is 52.0 Å². The van der Waals surface area contributed by atoms with Crippen LogP contribution >= 0.6 is 0 Å². The Morgan fingerprint density at radius 1 is 0.912 bits per heavy atom. The predicted octanol–water partition coefficient (Wildman–Crippen LogP) is 6.72. The van der Waals surface area contributed by atoms with Crippen LogP contribution in [0.3, 0.4) is 0 Å². The third-order valence-corrected chi connectivity index (χ3v) is 13.9. The number of fused-ring (bicyclic) bond motifs is 1. The lowest BCUT2D eigenvalue weighted by Crippen LogP contribution is -2.45. The molecule has 0 aromatic heterocycles. The minimum absolute atomic E-state index is 0.00932. The zero-order valence-corrected chi connectivity index (χ0v) is 22.5. The molecule has 34 heavy (non-hydrogen) atoms. The third kappa shape index (κ3) is 4.51. The second-order valence-corrected chi connectivity index (χ2v) is 17.4. The first-order valence-electron chi connectivity index (χ1n) is 12.0. The van der Waals surface area contributed by atoms with Crippen molar-refractivity contribution < 1.29 is 17.6 Å². The number of hydrogen-bond donors (Lipinski definition) is 0. The van der Waals surface area contributed by atoms with Crippen LogP contribution in [0.5, 0.6) is 0 Å². The van der Waals surface area contributed by atoms with Gasteiger partial charge in [0.25, 0.3) is 0 Å². The Labute approximate surface area is 204 Å². The molecule has 4 nitrogen and oxygen atoms in total. The average Bonchev–Trinajstić information content (AvgIpc) is 2.98. The van der Waals surface area contributed by atoms with Gasteiger partial charge in [-0.1, -0.05) is 69.3 Å². The van der Waals surface area contributed by atoms with Crippen molar-refractivity contribution in [3.05, 3.63) is 82.3 Å². The molecule has 0 saturated heterocycles. The molecule has 0 heterocycles. The zero-order chi connectivity index (χ0) is 24.7. The van der Waals surface area contributed by atoms with Gasteiger partial charge >= 0.3 is 0 Å². The van der Waals surface area contributed by atoms with Gasteiger partial charge in [-0.2, -0.15) is 0 Å². The number of carbonyl (C=O) groups excluding carboxylic acids is 1. The number of ketones is 1. The minimum Gasteiger partial charge on any atom is -0.409 e. The Hall–Kier alpha value is -2.28. The van der Waals surface area contributed by atoms with E-state index in [0.717, 1.165) is 17.6 Å². The molecule has 0 N–H and O–H groups in total. The van der Waals surface area contributed by atoms with E-state index in [9.17, 15) is 13.2 Å². The smallest absolute Gasteiger partial charge is 0.205 e. The Bertz CT molecular complexity index is 1250. The van der Waals surface area contributed by atoms with Crippen LogP contribution in [0.2, 0.25) is 18.1 Å². The van der Waals surface area contributed by atoms with Crippen LogP contribution in [0, 0.1) is 0 Å². The molecule has 180 valence electrons. The number of Topliss-reactive ketones (excluding diaryl/α,β-unsaturated/α-hetero) is 1. The summed E-state index contributed by atoms with van der Waals surface area (Å²) in [7, 11) is -6.12. The van der Waals surface area contributed by atoms with Gasteiger partial charge < -0.3 is 4.43 Å². The molecule has 2 aromatic carbocycles. The Balaban J connectivity index is 1.96. The highest BCUT2D eigenvalue weighted by Crippen LogP contribution is 2.47. The first-order chi connectivity index (χ1) is 15.9. The Morgan fingerprint density at radius 3 is 2.09 bits per heavy atom. The fraction of sp³-hybridized carbons (Fsp3) is 0.393. The summed E-state index contributed by atoms with van der Waals surface area (Å²) < 4.78 is 35.0. The fourth-order valence-electron chi connectivity index (χ4n) is 4.62. The van der Waals surface area contributed by atoms with Crippen LogP contribution in [-0.4, -0.2) is 28.6 Å². The maximum Gasteiger partial charge on any atom is 0.205 e. The van der Waals surface area contributed by atoms with Gasteiger partial charge in [-0.05, 0) is 66.2 Å². The van der Waals surface area contributed by atoms with Gasteiger partial charge in [-0.25, -0.2) is 8.42 Å². The molecule has 0 aliphatic heterocycles. The van der Waals surface area contributed by atoms with Crippen LogP contribution in [0.25, 0.3) is 5.57 Å². The average molecular weight is 495 g/mol. The van der Waals surface area contributed by atoms with Gasteiger partial charge in [-0.3, -0.25) is 4.79 Å². The summed E-state index contributed by atoms with van der Waals surface area (Å²) in [6.45, 7) is 10.8. The van der Waals surface area contributed by atoms with E-state index in [4.69, 9.17) is 4.43 Å². The van der Waals surface area contributed by atoms with E-state index >= 15 is 0 Å². The molecular weight excluding hydrogens is 460 g/mol. The summed E-state index contributed by atoms with van der Waals surface area (Å²) >= 11 is 0. The second kappa shape index (κ2) is 9.06. The van der Waals surface area contributed by atoms with Gasteiger partial charge in [0.05, 0.1) is 15.9 Å². The summed E-state index contributed by atoms with van der Waals surface area (Å²) in [4.78, 5) is 13.8. The van der Waals surface area contributed by atoms with E-state index in [2.05, 4.69) is 33.9 Å². The number of rotatable bonds is 5. The lowest BCUT2D eigenvalue weighted by atomic mass is 9.98. The normalized spacial score (nSPS) is 19.9. The summed E-state index contributed by atoms with van der Waals surface area (Å²) in [6.07, 6.45) is 1.63. The molecule has 1 atom stereocenters. The van der Waals surface area contributed by atoms with Crippen molar-refractivity contribution in [2.75, 3.05) is 0 Å². The van der Waals surface area contributed by atoms with Crippen molar-refractivity contribution in [3.63, 3.8) is 0 Å². The number of benzene rings is 2. The number of sulfone groups is 1. The molecular formula is C28H34O4SSi. The molecule has 0 spiro atoms. The SMILES string of the molecule is CC(C)(C)[Si](C)(C)OC1CCCC2=C(c3ccccc3)C(=O)CC2=C1S(=O)(=O)c1ccccc1. The van der Waals surface area contributed by atoms with E-state index < -0.39 is 24.3 Å². The number of carbonyl (C=O) groups is 1. The van der Waals surface area contributed by atoms with E-state index in [0.29, 0.717) is 28.9 Å². The highest BCUT2D eigenvalue weighted by atomic mass is 32.2. The summed E-state index contributed by atoms with van der Waals surface area (Å²) in [5, 5.41) is -0.0645. The molecule has 0 saturated carbocycles. The van der Waals surface area contributed by atoms with Crippen molar-refractivity contribution in [3.8, 4) is 0 Å². The maximum atomic E-state index is 14.1. The highest BCUT2D eigenvalue weighted by molar-refractivity contribution is 7.95. The van der Waals surface area contributed by atoms with Gasteiger partial charge in [0.1, 0.15) is 0 Å². The first kappa shape index (κ1) is 24.8. The van der Waals surface area contributed by atoms with Crippen LogP contribution in [0.4, 0.5) is 0 Å². The third-order valence-electron chi connectivity index (χ3n) is 7.41. The largest absolute Gasteiger partial charge is 0.409 e. The Morgan fingerprint density at radius 2 is 1.50 bits per heavy atom. The van der Waals surface area contributed by atoms with Crippen molar-refractivity contribution in [1.82, 2.24) is 0 Å². The summed E-state index contributed by atoms with van der Waals surface area (Å²) in [5.74, 6) is -0.00932. The number of hydrogen-bond acceptors (Lipinski definition) is 4. The van der Waals surface area contributed by atoms with Gasteiger partial charge in [0.2, 0.25) is 9.84 Å². The zero-order valence-electron chi connectivity index (χ0n) is 20.7.